The first-order valence-electron chi connectivity index (χ1n) is 16.5. The quantitative estimate of drug-likeness (QED) is 0.108. The molecule has 0 aromatic heterocycles. The third-order valence-electron chi connectivity index (χ3n) is 9.40. The molecular formula is C33H42O20. The Morgan fingerprint density at radius 3 is 1.68 bits per heavy atom. The molecule has 0 bridgehead atoms. The summed E-state index contributed by atoms with van der Waals surface area (Å²) in [4.78, 5) is 0. The Morgan fingerprint density at radius 2 is 1.09 bits per heavy atom. The molecule has 0 spiro atoms. The minimum Gasteiger partial charge on any atom is -0.508 e. The van der Waals surface area contributed by atoms with Gasteiger partial charge in [-0.2, -0.15) is 0 Å². The summed E-state index contributed by atoms with van der Waals surface area (Å²) in [5, 5.41) is 134. The fraction of sp³-hybridized carbons (Fsp3) is 0.576. The van der Waals surface area contributed by atoms with Crippen molar-refractivity contribution in [1.82, 2.24) is 0 Å². The van der Waals surface area contributed by atoms with E-state index in [-0.39, 0.29) is 28.6 Å². The van der Waals surface area contributed by atoms with Gasteiger partial charge in [0.15, 0.2) is 18.5 Å². The lowest BCUT2D eigenvalue weighted by Crippen LogP contribution is -2.64. The van der Waals surface area contributed by atoms with Crippen LogP contribution in [0, 0.1) is 0 Å². The Labute approximate surface area is 300 Å². The van der Waals surface area contributed by atoms with Crippen LogP contribution in [0.4, 0.5) is 0 Å². The zero-order chi connectivity index (χ0) is 38.3. The van der Waals surface area contributed by atoms with E-state index in [9.17, 15) is 66.4 Å². The fourth-order valence-corrected chi connectivity index (χ4v) is 6.34. The van der Waals surface area contributed by atoms with E-state index in [2.05, 4.69) is 0 Å². The van der Waals surface area contributed by atoms with E-state index in [0.717, 1.165) is 6.07 Å². The maximum atomic E-state index is 11.1. The highest BCUT2D eigenvalue weighted by Crippen LogP contribution is 2.45. The minimum absolute atomic E-state index is 0.00214. The molecule has 16 unspecified atom stereocenters. The summed E-state index contributed by atoms with van der Waals surface area (Å²) in [7, 11) is 0. The number of ether oxygens (including phenoxy) is 7. The Kier molecular flexibility index (Phi) is 12.0. The van der Waals surface area contributed by atoms with E-state index in [1.807, 2.05) is 0 Å². The van der Waals surface area contributed by atoms with Crippen LogP contribution in [0.25, 0.3) is 6.08 Å². The van der Waals surface area contributed by atoms with Crippen molar-refractivity contribution in [2.24, 2.45) is 0 Å². The molecule has 4 heterocycles. The van der Waals surface area contributed by atoms with Gasteiger partial charge in [-0.05, 0) is 18.2 Å². The second-order valence-electron chi connectivity index (χ2n) is 12.9. The number of aromatic hydroxyl groups is 2. The number of phenols is 2. The summed E-state index contributed by atoms with van der Waals surface area (Å²) in [6, 6.07) is 8.01. The molecule has 13 N–H and O–H groups in total. The third-order valence-corrected chi connectivity index (χ3v) is 9.40. The number of benzene rings is 2. The lowest BCUT2D eigenvalue weighted by atomic mass is 9.97. The van der Waals surface area contributed by atoms with Crippen LogP contribution in [0.3, 0.4) is 0 Å². The SMILES string of the molecule is OCC1OC(Oc2cc(O)c3c(c2)OC(c2ccc(O)cc2)C(OC2OC(CO)C(O)C(O)C2OC2OC(CO)C(O)C(O)C2O)=C3)C(O)C(O)C1O. The van der Waals surface area contributed by atoms with Gasteiger partial charge in [-0.15, -0.1) is 0 Å². The predicted molar refractivity (Wildman–Crippen MR) is 169 cm³/mol. The van der Waals surface area contributed by atoms with Crippen molar-refractivity contribution in [1.29, 1.82) is 0 Å². The highest BCUT2D eigenvalue weighted by Gasteiger charge is 2.52. The topological polar surface area (TPSA) is 328 Å². The molecule has 4 aliphatic rings. The van der Waals surface area contributed by atoms with Crippen LogP contribution in [0.5, 0.6) is 23.0 Å². The molecule has 20 heteroatoms. The maximum Gasteiger partial charge on any atom is 0.229 e. The monoisotopic (exact) mass is 758 g/mol. The van der Waals surface area contributed by atoms with Crippen molar-refractivity contribution in [3.05, 3.63) is 53.3 Å². The van der Waals surface area contributed by atoms with Gasteiger partial charge in [0.25, 0.3) is 0 Å². The second kappa shape index (κ2) is 16.1. The molecule has 0 radical (unpaired) electrons. The van der Waals surface area contributed by atoms with Gasteiger partial charge in [0.1, 0.15) is 95.9 Å². The average molecular weight is 759 g/mol. The number of aliphatic hydroxyl groups is 11. The molecule has 3 saturated heterocycles. The first-order valence-corrected chi connectivity index (χ1v) is 16.5. The maximum absolute atomic E-state index is 11.1. The standard InChI is InChI=1S/C33H42O20/c34-8-18-21(39)24(42)27(45)31(50-18)47-13-5-15(38)14-7-17(29(48-16(14)6-13)11-1-3-12(37)4-2-11)49-33-30(26(44)23(41)20(10-36)52-33)53-32-28(46)25(43)22(40)19(9-35)51-32/h1-7,18-46H,8-10H2. The van der Waals surface area contributed by atoms with Crippen molar-refractivity contribution in [2.45, 2.75) is 98.2 Å². The van der Waals surface area contributed by atoms with E-state index < -0.39 is 124 Å². The Balaban J connectivity index is 1.33. The summed E-state index contributed by atoms with van der Waals surface area (Å²) >= 11 is 0. The number of aliphatic hydroxyl groups excluding tert-OH is 11. The van der Waals surface area contributed by atoms with Gasteiger partial charge in [-0.25, -0.2) is 0 Å². The lowest BCUT2D eigenvalue weighted by Gasteiger charge is -2.46. The summed E-state index contributed by atoms with van der Waals surface area (Å²) in [5.74, 6) is -0.879. The molecule has 2 aromatic rings. The van der Waals surface area contributed by atoms with Crippen LogP contribution >= 0.6 is 0 Å². The number of hydrogen-bond donors (Lipinski definition) is 13. The van der Waals surface area contributed by atoms with E-state index in [1.54, 1.807) is 0 Å². The Bertz CT molecular complexity index is 1570. The number of hydrogen-bond acceptors (Lipinski definition) is 20. The zero-order valence-electron chi connectivity index (χ0n) is 27.6. The molecule has 294 valence electrons. The smallest absolute Gasteiger partial charge is 0.229 e. The van der Waals surface area contributed by atoms with Crippen LogP contribution < -0.4 is 9.47 Å². The molecule has 4 aliphatic heterocycles. The highest BCUT2D eigenvalue weighted by molar-refractivity contribution is 5.70. The zero-order valence-corrected chi connectivity index (χ0v) is 27.6. The van der Waals surface area contributed by atoms with Crippen LogP contribution in [-0.4, -0.2) is 178 Å². The van der Waals surface area contributed by atoms with Crippen molar-refractivity contribution in [3.63, 3.8) is 0 Å². The van der Waals surface area contributed by atoms with Crippen LogP contribution in [0.1, 0.15) is 17.2 Å². The second-order valence-corrected chi connectivity index (χ2v) is 12.9. The molecule has 0 saturated carbocycles. The van der Waals surface area contributed by atoms with Crippen LogP contribution in [0.2, 0.25) is 0 Å². The van der Waals surface area contributed by atoms with Gasteiger partial charge in [-0.3, -0.25) is 0 Å². The molecular weight excluding hydrogens is 716 g/mol. The Hall–Kier alpha value is -3.42. The molecule has 6 rings (SSSR count). The van der Waals surface area contributed by atoms with Crippen molar-refractivity contribution >= 4 is 6.08 Å². The van der Waals surface area contributed by atoms with Crippen molar-refractivity contribution in [3.8, 4) is 23.0 Å². The predicted octanol–water partition coefficient (Wildman–Crippen LogP) is -4.61. The molecule has 53 heavy (non-hydrogen) atoms. The molecule has 16 atom stereocenters. The van der Waals surface area contributed by atoms with Crippen LogP contribution in [0.15, 0.2) is 42.2 Å². The van der Waals surface area contributed by atoms with Crippen molar-refractivity contribution < 1.29 is 99.5 Å². The summed E-state index contributed by atoms with van der Waals surface area (Å²) in [6.07, 6.45) is -25.2. The van der Waals surface area contributed by atoms with Gasteiger partial charge in [-0.1, -0.05) is 12.1 Å². The van der Waals surface area contributed by atoms with Gasteiger partial charge >= 0.3 is 0 Å². The molecule has 2 aromatic carbocycles. The first kappa shape index (κ1) is 39.3. The van der Waals surface area contributed by atoms with E-state index in [1.165, 1.54) is 36.4 Å². The lowest BCUT2D eigenvalue weighted by molar-refractivity contribution is -0.364. The summed E-state index contributed by atoms with van der Waals surface area (Å²) in [5.41, 5.74) is 0.346. The summed E-state index contributed by atoms with van der Waals surface area (Å²) in [6.45, 7) is -2.30. The first-order chi connectivity index (χ1) is 25.3. The fourth-order valence-electron chi connectivity index (χ4n) is 6.34. The van der Waals surface area contributed by atoms with Gasteiger partial charge in [0, 0.05) is 17.7 Å². The molecule has 20 nitrogen and oxygen atoms in total. The molecule has 0 aliphatic carbocycles. The third kappa shape index (κ3) is 7.76. The van der Waals surface area contributed by atoms with Gasteiger partial charge < -0.3 is 99.5 Å². The Morgan fingerprint density at radius 1 is 0.566 bits per heavy atom. The van der Waals surface area contributed by atoms with Gasteiger partial charge in [0.2, 0.25) is 12.6 Å². The number of fused-ring (bicyclic) bond motifs is 1. The van der Waals surface area contributed by atoms with Crippen LogP contribution in [-0.2, 0) is 23.7 Å². The van der Waals surface area contributed by atoms with E-state index in [0.29, 0.717) is 5.56 Å². The normalized spacial score (nSPS) is 40.1. The largest absolute Gasteiger partial charge is 0.508 e. The van der Waals surface area contributed by atoms with E-state index >= 15 is 0 Å². The number of rotatable bonds is 10. The minimum atomic E-state index is -1.92. The summed E-state index contributed by atoms with van der Waals surface area (Å²) < 4.78 is 40.4. The average Bonchev–Trinajstić information content (AvgIpc) is 3.15. The van der Waals surface area contributed by atoms with E-state index in [4.69, 9.17) is 33.2 Å². The number of phenolic OH excluding ortho intramolecular Hbond substituents is 2. The van der Waals surface area contributed by atoms with Gasteiger partial charge in [0.05, 0.1) is 25.4 Å². The molecule has 0 amide bonds. The highest BCUT2D eigenvalue weighted by atomic mass is 16.8. The van der Waals surface area contributed by atoms with Crippen molar-refractivity contribution in [2.75, 3.05) is 19.8 Å². The molecule has 3 fully saturated rings.